The zero-order chi connectivity index (χ0) is 12.8. The van der Waals surface area contributed by atoms with Gasteiger partial charge in [0.2, 0.25) is 0 Å². The van der Waals surface area contributed by atoms with Crippen LogP contribution in [0.5, 0.6) is 0 Å². The van der Waals surface area contributed by atoms with Crippen LogP contribution in [0.3, 0.4) is 0 Å². The van der Waals surface area contributed by atoms with Crippen LogP contribution in [0.25, 0.3) is 0 Å². The molecule has 1 aromatic rings. The van der Waals surface area contributed by atoms with Gasteiger partial charge in [0, 0.05) is 25.3 Å². The summed E-state index contributed by atoms with van der Waals surface area (Å²) in [7, 11) is 4.07. The van der Waals surface area contributed by atoms with E-state index in [1.165, 1.54) is 0 Å². The van der Waals surface area contributed by atoms with Crippen molar-refractivity contribution in [2.24, 2.45) is 0 Å². The lowest BCUT2D eigenvalue weighted by Gasteiger charge is -2.21. The fourth-order valence-corrected chi connectivity index (χ4v) is 1.74. The molecule has 17 heavy (non-hydrogen) atoms. The van der Waals surface area contributed by atoms with Gasteiger partial charge in [-0.2, -0.15) is 0 Å². The van der Waals surface area contributed by atoms with Crippen LogP contribution < -0.4 is 5.32 Å². The molecule has 0 amide bonds. The second-order valence-electron chi connectivity index (χ2n) is 4.81. The second-order valence-corrected chi connectivity index (χ2v) is 4.81. The summed E-state index contributed by atoms with van der Waals surface area (Å²) in [5.74, 6) is 0. The van der Waals surface area contributed by atoms with Crippen LogP contribution in [0.4, 0.5) is 0 Å². The number of likely N-dealkylation sites (N-methyl/N-ethyl adjacent to an activating group) is 1. The Morgan fingerprint density at radius 3 is 2.71 bits per heavy atom. The monoisotopic (exact) mass is 240 g/mol. The minimum atomic E-state index is -0.0418. The molecule has 0 saturated heterocycles. The molecule has 0 spiro atoms. The van der Waals surface area contributed by atoms with Gasteiger partial charge in [0.05, 0.1) is 24.7 Å². The van der Waals surface area contributed by atoms with E-state index in [1.807, 2.05) is 26.6 Å². The number of hydrogen-bond acceptors (Lipinski definition) is 4. The van der Waals surface area contributed by atoms with Gasteiger partial charge in [-0.1, -0.05) is 0 Å². The second kappa shape index (κ2) is 6.74. The Morgan fingerprint density at radius 1 is 1.47 bits per heavy atom. The average Bonchev–Trinajstić information content (AvgIpc) is 2.72. The minimum absolute atomic E-state index is 0.0418. The van der Waals surface area contributed by atoms with Gasteiger partial charge in [-0.05, 0) is 27.9 Å². The van der Waals surface area contributed by atoms with Gasteiger partial charge in [-0.3, -0.25) is 0 Å². The Morgan fingerprint density at radius 2 is 2.18 bits per heavy atom. The number of aliphatic hydroxyl groups is 1. The van der Waals surface area contributed by atoms with E-state index in [0.717, 1.165) is 18.8 Å². The normalized spacial score (nSPS) is 13.6. The summed E-state index contributed by atoms with van der Waals surface area (Å²) < 4.78 is 2.09. The van der Waals surface area contributed by atoms with E-state index in [2.05, 4.69) is 33.6 Å². The van der Waals surface area contributed by atoms with Crippen molar-refractivity contribution >= 4 is 0 Å². The van der Waals surface area contributed by atoms with Gasteiger partial charge >= 0.3 is 0 Å². The van der Waals surface area contributed by atoms with E-state index in [9.17, 15) is 5.11 Å². The maximum Gasteiger partial charge on any atom is 0.0951 e. The van der Waals surface area contributed by atoms with E-state index in [1.54, 1.807) is 0 Å². The molecular formula is C12H24N4O. The minimum Gasteiger partial charge on any atom is -0.394 e. The number of hydrogen-bond donors (Lipinski definition) is 2. The maximum absolute atomic E-state index is 9.45. The smallest absolute Gasteiger partial charge is 0.0951 e. The Kier molecular flexibility index (Phi) is 5.61. The molecule has 5 heteroatoms. The third-order valence-electron chi connectivity index (χ3n) is 2.74. The summed E-state index contributed by atoms with van der Waals surface area (Å²) in [4.78, 5) is 6.27. The standard InChI is InChI=1S/C12H24N4O/c1-10(2)16-9-13-7-12(16)11(8-17)14-5-6-15(3)4/h7,9-11,14,17H,5-6,8H2,1-4H3. The highest BCUT2D eigenvalue weighted by molar-refractivity contribution is 5.06. The van der Waals surface area contributed by atoms with Crippen LogP contribution in [0, 0.1) is 0 Å². The fourth-order valence-electron chi connectivity index (χ4n) is 1.74. The van der Waals surface area contributed by atoms with E-state index in [0.29, 0.717) is 6.04 Å². The van der Waals surface area contributed by atoms with E-state index in [4.69, 9.17) is 0 Å². The summed E-state index contributed by atoms with van der Waals surface area (Å²) in [5.41, 5.74) is 1.04. The van der Waals surface area contributed by atoms with Crippen molar-refractivity contribution in [2.75, 3.05) is 33.8 Å². The Balaban J connectivity index is 2.62. The molecule has 0 aromatic carbocycles. The first-order chi connectivity index (χ1) is 8.06. The number of imidazole rings is 1. The van der Waals surface area contributed by atoms with E-state index in [-0.39, 0.29) is 12.6 Å². The summed E-state index contributed by atoms with van der Waals surface area (Å²) >= 11 is 0. The lowest BCUT2D eigenvalue weighted by molar-refractivity contribution is 0.233. The first-order valence-corrected chi connectivity index (χ1v) is 6.07. The van der Waals surface area contributed by atoms with Crippen molar-refractivity contribution in [1.82, 2.24) is 19.8 Å². The quantitative estimate of drug-likeness (QED) is 0.735. The lowest BCUT2D eigenvalue weighted by Crippen LogP contribution is -2.32. The third kappa shape index (κ3) is 4.11. The molecule has 0 radical (unpaired) electrons. The topological polar surface area (TPSA) is 53.3 Å². The number of nitrogens with zero attached hydrogens (tertiary/aromatic N) is 3. The first kappa shape index (κ1) is 14.2. The van der Waals surface area contributed by atoms with Gasteiger partial charge in [0.25, 0.3) is 0 Å². The molecule has 2 N–H and O–H groups in total. The molecule has 0 bridgehead atoms. The van der Waals surface area contributed by atoms with E-state index < -0.39 is 0 Å². The fraction of sp³-hybridized carbons (Fsp3) is 0.750. The maximum atomic E-state index is 9.45. The molecule has 1 heterocycles. The predicted octanol–water partition coefficient (Wildman–Crippen LogP) is 0.649. The van der Waals surface area contributed by atoms with Gasteiger partial charge in [-0.25, -0.2) is 4.98 Å². The first-order valence-electron chi connectivity index (χ1n) is 6.07. The summed E-state index contributed by atoms with van der Waals surface area (Å²) in [6.45, 7) is 6.11. The molecular weight excluding hydrogens is 216 g/mol. The van der Waals surface area contributed by atoms with Crippen LogP contribution in [-0.2, 0) is 0 Å². The molecule has 0 aliphatic carbocycles. The summed E-state index contributed by atoms with van der Waals surface area (Å²) in [6, 6.07) is 0.317. The highest BCUT2D eigenvalue weighted by Crippen LogP contribution is 2.16. The molecule has 0 saturated carbocycles. The van der Waals surface area contributed by atoms with Crippen molar-refractivity contribution in [2.45, 2.75) is 25.9 Å². The van der Waals surface area contributed by atoms with Crippen molar-refractivity contribution in [3.05, 3.63) is 18.2 Å². The summed E-state index contributed by atoms with van der Waals surface area (Å²) in [5, 5.41) is 12.8. The van der Waals surface area contributed by atoms with Crippen LogP contribution >= 0.6 is 0 Å². The lowest BCUT2D eigenvalue weighted by atomic mass is 10.2. The molecule has 98 valence electrons. The van der Waals surface area contributed by atoms with Gasteiger partial charge < -0.3 is 19.9 Å². The Hall–Kier alpha value is -0.910. The predicted molar refractivity (Wildman–Crippen MR) is 69.0 cm³/mol. The van der Waals surface area contributed by atoms with Gasteiger partial charge in [-0.15, -0.1) is 0 Å². The molecule has 1 rings (SSSR count). The molecule has 1 aromatic heterocycles. The SMILES string of the molecule is CC(C)n1cncc1C(CO)NCCN(C)C. The Bertz CT molecular complexity index is 322. The van der Waals surface area contributed by atoms with Crippen molar-refractivity contribution in [3.8, 4) is 0 Å². The van der Waals surface area contributed by atoms with Gasteiger partial charge in [0.1, 0.15) is 0 Å². The van der Waals surface area contributed by atoms with Crippen LogP contribution in [0.2, 0.25) is 0 Å². The van der Waals surface area contributed by atoms with Gasteiger partial charge in [0.15, 0.2) is 0 Å². The van der Waals surface area contributed by atoms with Crippen LogP contribution in [0.15, 0.2) is 12.5 Å². The molecule has 1 unspecified atom stereocenters. The highest BCUT2D eigenvalue weighted by atomic mass is 16.3. The number of aromatic nitrogens is 2. The van der Waals surface area contributed by atoms with Crippen molar-refractivity contribution < 1.29 is 5.11 Å². The van der Waals surface area contributed by atoms with Crippen molar-refractivity contribution in [3.63, 3.8) is 0 Å². The highest BCUT2D eigenvalue weighted by Gasteiger charge is 2.15. The average molecular weight is 240 g/mol. The molecule has 5 nitrogen and oxygen atoms in total. The van der Waals surface area contributed by atoms with Crippen LogP contribution in [0.1, 0.15) is 31.6 Å². The van der Waals surface area contributed by atoms with Crippen LogP contribution in [-0.4, -0.2) is 53.3 Å². The largest absolute Gasteiger partial charge is 0.394 e. The third-order valence-corrected chi connectivity index (χ3v) is 2.74. The number of aliphatic hydroxyl groups excluding tert-OH is 1. The zero-order valence-corrected chi connectivity index (χ0v) is 11.2. The number of rotatable bonds is 7. The molecule has 0 aliphatic heterocycles. The Labute approximate surface area is 103 Å². The number of nitrogens with one attached hydrogen (secondary N) is 1. The zero-order valence-electron chi connectivity index (χ0n) is 11.2. The van der Waals surface area contributed by atoms with E-state index >= 15 is 0 Å². The van der Waals surface area contributed by atoms with Crippen molar-refractivity contribution in [1.29, 1.82) is 0 Å². The molecule has 0 aliphatic rings. The summed E-state index contributed by atoms with van der Waals surface area (Å²) in [6.07, 6.45) is 3.64. The molecule has 0 fully saturated rings. The molecule has 1 atom stereocenters.